The molecule has 7 N–H and O–H groups in total. The van der Waals surface area contributed by atoms with Crippen molar-refractivity contribution in [1.29, 1.82) is 0 Å². The van der Waals surface area contributed by atoms with Crippen LogP contribution in [0.25, 0.3) is 0 Å². The van der Waals surface area contributed by atoms with E-state index in [1.54, 1.807) is 22.9 Å². The zero-order valence-electron chi connectivity index (χ0n) is 46.7. The molecular weight excluding hydrogens is 1040 g/mol. The molecule has 0 spiro atoms. The largest absolute Gasteiger partial charge is 0.423 e. The molecule has 9 amide bonds. The van der Waals surface area contributed by atoms with Crippen molar-refractivity contribution in [3.05, 3.63) is 58.7 Å². The van der Waals surface area contributed by atoms with Crippen molar-refractivity contribution in [2.45, 2.75) is 141 Å². The quantitative estimate of drug-likeness (QED) is 0.0218. The lowest BCUT2D eigenvalue weighted by atomic mass is 10.0. The Bertz CT molecular complexity index is 2390. The molecule has 0 saturated carbocycles. The maximum absolute atomic E-state index is 13.5. The summed E-state index contributed by atoms with van der Waals surface area (Å²) in [6.07, 6.45) is 7.57. The van der Waals surface area contributed by atoms with Gasteiger partial charge in [-0.2, -0.15) is 11.8 Å². The third-order valence-electron chi connectivity index (χ3n) is 13.5. The summed E-state index contributed by atoms with van der Waals surface area (Å²) < 4.78 is 15.9. The summed E-state index contributed by atoms with van der Waals surface area (Å²) in [6.45, 7) is 9.62. The Hall–Kier alpha value is -6.75. The third kappa shape index (κ3) is 24.4. The van der Waals surface area contributed by atoms with Crippen molar-refractivity contribution in [2.24, 2.45) is 0 Å². The van der Waals surface area contributed by atoms with Gasteiger partial charge in [-0.1, -0.05) is 24.6 Å². The molecule has 0 aromatic heterocycles. The molecule has 2 fully saturated rings. The van der Waals surface area contributed by atoms with Crippen LogP contribution in [0.15, 0.2) is 36.4 Å². The van der Waals surface area contributed by atoms with Gasteiger partial charge in [-0.05, 0) is 101 Å². The van der Waals surface area contributed by atoms with Crippen LogP contribution in [0.3, 0.4) is 0 Å². The van der Waals surface area contributed by atoms with Crippen LogP contribution >= 0.6 is 11.8 Å². The van der Waals surface area contributed by atoms with Gasteiger partial charge in [0.2, 0.25) is 29.5 Å². The van der Waals surface area contributed by atoms with Gasteiger partial charge in [-0.25, -0.2) is 4.79 Å². The number of nitrogens with one attached hydrogen (secondary N) is 7. The van der Waals surface area contributed by atoms with Gasteiger partial charge in [-0.15, -0.1) is 0 Å². The van der Waals surface area contributed by atoms with E-state index in [9.17, 15) is 47.9 Å². The summed E-state index contributed by atoms with van der Waals surface area (Å²) in [5.74, 6) is -2.24. The number of carbonyl (C=O) groups is 10. The van der Waals surface area contributed by atoms with E-state index in [4.69, 9.17) is 14.2 Å². The van der Waals surface area contributed by atoms with Crippen molar-refractivity contribution in [1.82, 2.24) is 47.0 Å². The minimum absolute atomic E-state index is 0.0157. The summed E-state index contributed by atoms with van der Waals surface area (Å²) in [7, 11) is 1.73. The number of hydrogen-bond acceptors (Lipinski definition) is 14. The molecule has 2 aromatic carbocycles. The van der Waals surface area contributed by atoms with Crippen LogP contribution < -0.4 is 46.7 Å². The highest BCUT2D eigenvalue weighted by molar-refractivity contribution is 8.00. The second-order valence-electron chi connectivity index (χ2n) is 19.8. The molecule has 23 heteroatoms. The maximum Gasteiger partial charge on any atom is 0.315 e. The monoisotopic (exact) mass is 1120 g/mol. The van der Waals surface area contributed by atoms with E-state index in [0.717, 1.165) is 55.9 Å². The highest BCUT2D eigenvalue weighted by Crippen LogP contribution is 2.34. The standard InChI is InChI=1S/C56H83N9O13S/c1-38-17-13-18-42(39(38)2)54(73)60-28-10-12-33-65(34-16-29-61-55(74)43-19-14-20-45(77-40(3)66)53(43)78-41(4)67)51(72)26-25-49(70)57-27-9-6-11-32-64(5)50(71)24-15-23-48(69)59-31-36-76-35-30-58-47(68)22-8-7-21-46-52-44(37-79-46)62-56(75)63-52/h13-14,17-20,44,46,52H,6-12,15-16,21-37H2,1-5H3,(H,57,70)(H,58,68)(H,59,69)(H,60,73)(H,61,74)(H2,62,63,75). The minimum Gasteiger partial charge on any atom is -0.423 e. The summed E-state index contributed by atoms with van der Waals surface area (Å²) in [5, 5.41) is 20.5. The number of urea groups is 1. The van der Waals surface area contributed by atoms with Crippen molar-refractivity contribution >= 4 is 71.1 Å². The highest BCUT2D eigenvalue weighted by Gasteiger charge is 2.42. The van der Waals surface area contributed by atoms with Gasteiger partial charge in [0, 0.05) is 122 Å². The van der Waals surface area contributed by atoms with Crippen LogP contribution in [0.5, 0.6) is 11.5 Å². The Morgan fingerprint density at radius 2 is 1.19 bits per heavy atom. The number of para-hydroxylation sites is 1. The lowest BCUT2D eigenvalue weighted by molar-refractivity contribution is -0.134. The number of ether oxygens (including phenoxy) is 3. The molecule has 79 heavy (non-hydrogen) atoms. The maximum atomic E-state index is 13.5. The molecule has 2 aromatic rings. The molecule has 2 aliphatic rings. The number of hydrogen-bond donors (Lipinski definition) is 7. The van der Waals surface area contributed by atoms with Crippen molar-refractivity contribution in [3.63, 3.8) is 0 Å². The predicted octanol–water partition coefficient (Wildman–Crippen LogP) is 3.98. The van der Waals surface area contributed by atoms with E-state index in [1.165, 1.54) is 25.1 Å². The molecule has 0 aliphatic carbocycles. The Kier molecular flexibility index (Phi) is 29.3. The smallest absolute Gasteiger partial charge is 0.315 e. The number of benzene rings is 2. The van der Waals surface area contributed by atoms with Crippen LogP contribution in [-0.4, -0.2) is 165 Å². The zero-order valence-corrected chi connectivity index (χ0v) is 47.5. The van der Waals surface area contributed by atoms with E-state index in [1.807, 2.05) is 37.7 Å². The average Bonchev–Trinajstić information content (AvgIpc) is 4.03. The number of fused-ring (bicyclic) bond motifs is 1. The zero-order chi connectivity index (χ0) is 57.5. The van der Waals surface area contributed by atoms with E-state index in [2.05, 4.69) is 37.2 Å². The minimum atomic E-state index is -0.710. The van der Waals surface area contributed by atoms with Gasteiger partial charge in [0.05, 0.1) is 30.9 Å². The first-order chi connectivity index (χ1) is 37.9. The van der Waals surface area contributed by atoms with Gasteiger partial charge in [0.25, 0.3) is 11.8 Å². The Labute approximate surface area is 468 Å². The number of carbonyl (C=O) groups excluding carboxylic acids is 10. The van der Waals surface area contributed by atoms with Crippen LogP contribution in [0.2, 0.25) is 0 Å². The van der Waals surface area contributed by atoms with Crippen molar-refractivity contribution in [2.75, 3.05) is 78.4 Å². The second-order valence-corrected chi connectivity index (χ2v) is 21.1. The number of aryl methyl sites for hydroxylation is 1. The summed E-state index contributed by atoms with van der Waals surface area (Å²) in [5.41, 5.74) is 2.52. The van der Waals surface area contributed by atoms with E-state index in [0.29, 0.717) is 102 Å². The fourth-order valence-electron chi connectivity index (χ4n) is 8.97. The number of nitrogens with zero attached hydrogens (tertiary/aromatic N) is 2. The number of amides is 9. The van der Waals surface area contributed by atoms with Gasteiger partial charge >= 0.3 is 18.0 Å². The Morgan fingerprint density at radius 1 is 0.595 bits per heavy atom. The number of rotatable bonds is 37. The van der Waals surface area contributed by atoms with Gasteiger partial charge in [0.1, 0.15) is 0 Å². The Balaban J connectivity index is 1.05. The van der Waals surface area contributed by atoms with Gasteiger partial charge in [0.15, 0.2) is 11.5 Å². The fourth-order valence-corrected chi connectivity index (χ4v) is 10.5. The van der Waals surface area contributed by atoms with Gasteiger partial charge in [-0.3, -0.25) is 43.2 Å². The lowest BCUT2D eigenvalue weighted by Gasteiger charge is -2.23. The SMILES string of the molecule is CC(=O)Oc1cccc(C(=O)NCCCN(CCCCNC(=O)c2cccc(C)c2C)C(=O)CCC(=O)NCCCCCN(C)C(=O)CCCC(=O)NCCOCCNC(=O)CCCCC2SCC3NC(=O)NC32)c1OC(C)=O. The predicted molar refractivity (Wildman–Crippen MR) is 298 cm³/mol. The molecule has 0 radical (unpaired) electrons. The fraction of sp³-hybridized carbons (Fsp3) is 0.607. The van der Waals surface area contributed by atoms with E-state index in [-0.39, 0.29) is 109 Å². The van der Waals surface area contributed by atoms with Gasteiger partial charge < -0.3 is 61.2 Å². The van der Waals surface area contributed by atoms with E-state index >= 15 is 0 Å². The van der Waals surface area contributed by atoms with E-state index < -0.39 is 17.8 Å². The number of unbranched alkanes of at least 4 members (excludes halogenated alkanes) is 4. The molecule has 436 valence electrons. The normalized spacial score (nSPS) is 15.2. The van der Waals surface area contributed by atoms with Crippen molar-refractivity contribution < 1.29 is 62.2 Å². The van der Waals surface area contributed by atoms with Crippen molar-refractivity contribution in [3.8, 4) is 11.5 Å². The second kappa shape index (κ2) is 35.7. The highest BCUT2D eigenvalue weighted by atomic mass is 32.2. The lowest BCUT2D eigenvalue weighted by Crippen LogP contribution is -2.36. The molecule has 4 rings (SSSR count). The number of thioether (sulfide) groups is 1. The molecule has 0 bridgehead atoms. The molecule has 2 heterocycles. The molecule has 3 atom stereocenters. The number of esters is 2. The topological polar surface area (TPSA) is 289 Å². The first-order valence-corrected chi connectivity index (χ1v) is 28.7. The summed E-state index contributed by atoms with van der Waals surface area (Å²) in [4.78, 5) is 128. The molecule has 3 unspecified atom stereocenters. The molecule has 2 saturated heterocycles. The molecule has 2 aliphatic heterocycles. The van der Waals surface area contributed by atoms with Crippen LogP contribution in [-0.2, 0) is 38.3 Å². The average molecular weight is 1120 g/mol. The molecule has 22 nitrogen and oxygen atoms in total. The van der Waals surface area contributed by atoms with Crippen LogP contribution in [0.1, 0.15) is 142 Å². The Morgan fingerprint density at radius 3 is 1.91 bits per heavy atom. The summed E-state index contributed by atoms with van der Waals surface area (Å²) in [6, 6.07) is 10.2. The first-order valence-electron chi connectivity index (χ1n) is 27.6. The van der Waals surface area contributed by atoms with Crippen LogP contribution in [0, 0.1) is 13.8 Å². The first kappa shape index (κ1) is 64.8. The third-order valence-corrected chi connectivity index (χ3v) is 15.0. The molecular formula is C56H83N9O13S. The van der Waals surface area contributed by atoms with Crippen LogP contribution in [0.4, 0.5) is 4.79 Å². The summed E-state index contributed by atoms with van der Waals surface area (Å²) >= 11 is 1.87.